The number of esters is 1. The highest BCUT2D eigenvalue weighted by Crippen LogP contribution is 2.20. The third-order valence-electron chi connectivity index (χ3n) is 4.00. The minimum absolute atomic E-state index is 0.0588. The Hall–Kier alpha value is -2.67. The summed E-state index contributed by atoms with van der Waals surface area (Å²) in [5, 5.41) is 2.68. The average Bonchev–Trinajstić information content (AvgIpc) is 3.11. The Morgan fingerprint density at radius 2 is 1.89 bits per heavy atom. The number of benzene rings is 1. The van der Waals surface area contributed by atoms with Crippen LogP contribution in [0.25, 0.3) is 0 Å². The van der Waals surface area contributed by atoms with E-state index in [4.69, 9.17) is 9.47 Å². The van der Waals surface area contributed by atoms with Gasteiger partial charge >= 0.3 is 5.97 Å². The van der Waals surface area contributed by atoms with Crippen molar-refractivity contribution in [2.75, 3.05) is 6.61 Å². The van der Waals surface area contributed by atoms with Crippen LogP contribution in [0.3, 0.4) is 0 Å². The molecule has 1 aromatic carbocycles. The fourth-order valence-electron chi connectivity index (χ4n) is 2.43. The molecule has 28 heavy (non-hydrogen) atoms. The summed E-state index contributed by atoms with van der Waals surface area (Å²) in [5.41, 5.74) is 2.08. The first kappa shape index (κ1) is 21.6. The zero-order valence-electron chi connectivity index (χ0n) is 16.5. The summed E-state index contributed by atoms with van der Waals surface area (Å²) < 4.78 is 10.9. The minimum Gasteiger partial charge on any atom is -0.493 e. The van der Waals surface area contributed by atoms with E-state index in [1.807, 2.05) is 32.0 Å². The number of Topliss-reactive ketones (excluding diaryl/α,β-unsaturated/α-hetero) is 1. The van der Waals surface area contributed by atoms with Crippen molar-refractivity contribution in [3.63, 3.8) is 0 Å². The van der Waals surface area contributed by atoms with Crippen LogP contribution >= 0.6 is 11.3 Å². The van der Waals surface area contributed by atoms with Crippen molar-refractivity contribution < 1.29 is 23.9 Å². The average molecular weight is 404 g/mol. The molecule has 0 aliphatic rings. The van der Waals surface area contributed by atoms with E-state index in [1.54, 1.807) is 19.1 Å². The molecule has 0 saturated carbocycles. The topological polar surface area (TPSA) is 81.7 Å². The van der Waals surface area contributed by atoms with Gasteiger partial charge in [0, 0.05) is 11.8 Å². The number of ketones is 1. The van der Waals surface area contributed by atoms with Crippen molar-refractivity contribution >= 4 is 29.0 Å². The van der Waals surface area contributed by atoms with Crippen LogP contribution in [0, 0.1) is 13.8 Å². The van der Waals surface area contributed by atoms with Gasteiger partial charge < -0.3 is 14.8 Å². The van der Waals surface area contributed by atoms with Crippen molar-refractivity contribution in [2.24, 2.45) is 0 Å². The molecule has 2 aromatic rings. The molecule has 2 rings (SSSR count). The van der Waals surface area contributed by atoms with Crippen LogP contribution in [0.1, 0.15) is 45.9 Å². The number of rotatable bonds is 9. The van der Waals surface area contributed by atoms with Gasteiger partial charge in [0.15, 0.2) is 6.10 Å². The van der Waals surface area contributed by atoms with Crippen LogP contribution in [-0.4, -0.2) is 30.4 Å². The van der Waals surface area contributed by atoms with Crippen molar-refractivity contribution in [2.45, 2.75) is 46.8 Å². The number of carbonyl (C=O) groups excluding carboxylic acids is 3. The summed E-state index contributed by atoms with van der Waals surface area (Å²) in [5.74, 6) is -0.141. The predicted octanol–water partition coefficient (Wildman–Crippen LogP) is 3.58. The van der Waals surface area contributed by atoms with E-state index in [-0.39, 0.29) is 24.7 Å². The number of amides is 1. The van der Waals surface area contributed by atoms with E-state index in [0.29, 0.717) is 11.4 Å². The fraction of sp³-hybridized carbons (Fsp3) is 0.381. The number of hydrogen-bond acceptors (Lipinski definition) is 6. The summed E-state index contributed by atoms with van der Waals surface area (Å²) >= 11 is 1.28. The second-order valence-corrected chi connectivity index (χ2v) is 7.71. The minimum atomic E-state index is -0.875. The normalized spacial score (nSPS) is 11.6. The molecule has 0 saturated heterocycles. The Morgan fingerprint density at radius 3 is 2.61 bits per heavy atom. The van der Waals surface area contributed by atoms with E-state index in [0.717, 1.165) is 21.8 Å². The predicted molar refractivity (Wildman–Crippen MR) is 108 cm³/mol. The van der Waals surface area contributed by atoms with Crippen LogP contribution in [0.2, 0.25) is 0 Å². The molecule has 0 aliphatic heterocycles. The molecule has 1 aromatic heterocycles. The number of nitrogens with one attached hydrogen (secondary N) is 1. The number of aryl methyl sites for hydroxylation is 2. The highest BCUT2D eigenvalue weighted by molar-refractivity contribution is 7.14. The van der Waals surface area contributed by atoms with E-state index in [1.165, 1.54) is 18.3 Å². The maximum atomic E-state index is 12.4. The number of thiophene rings is 1. The molecule has 6 nitrogen and oxygen atoms in total. The van der Waals surface area contributed by atoms with Crippen LogP contribution in [0.5, 0.6) is 5.75 Å². The van der Waals surface area contributed by atoms with Gasteiger partial charge in [-0.05, 0) is 50.1 Å². The van der Waals surface area contributed by atoms with E-state index >= 15 is 0 Å². The first-order valence-electron chi connectivity index (χ1n) is 9.03. The third-order valence-corrected chi connectivity index (χ3v) is 5.10. The molecule has 1 unspecified atom stereocenters. The number of ether oxygens (including phenoxy) is 2. The Morgan fingerprint density at radius 1 is 1.14 bits per heavy atom. The molecular weight excluding hydrogens is 378 g/mol. The highest BCUT2D eigenvalue weighted by atomic mass is 32.1. The Bertz CT molecular complexity index is 858. The molecule has 1 heterocycles. The lowest BCUT2D eigenvalue weighted by Gasteiger charge is -2.13. The van der Waals surface area contributed by atoms with Gasteiger partial charge in [0.25, 0.3) is 0 Å². The molecule has 0 spiro atoms. The summed E-state index contributed by atoms with van der Waals surface area (Å²) in [6.07, 6.45) is -0.816. The monoisotopic (exact) mass is 403 g/mol. The molecule has 0 radical (unpaired) electrons. The Labute approximate surface area is 168 Å². The standard InChI is InChI=1S/C21H25NO5S/c1-13-5-6-14(2)18(11-13)26-10-9-20(24)27-15(3)21(25)19-8-7-17(28-19)12-22-16(4)23/h5-8,11,15H,9-10,12H2,1-4H3,(H,22,23). The molecule has 1 amide bonds. The van der Waals surface area contributed by atoms with Gasteiger partial charge in [-0.1, -0.05) is 12.1 Å². The fourth-order valence-corrected chi connectivity index (χ4v) is 3.40. The second-order valence-electron chi connectivity index (χ2n) is 6.54. The molecule has 7 heteroatoms. The van der Waals surface area contributed by atoms with Crippen molar-refractivity contribution in [1.29, 1.82) is 0 Å². The molecule has 0 fully saturated rings. The van der Waals surface area contributed by atoms with Gasteiger partial charge in [-0.15, -0.1) is 11.3 Å². The van der Waals surface area contributed by atoms with E-state index < -0.39 is 12.1 Å². The van der Waals surface area contributed by atoms with Gasteiger partial charge in [-0.3, -0.25) is 14.4 Å². The molecule has 1 N–H and O–H groups in total. The summed E-state index contributed by atoms with van der Waals surface area (Å²) in [4.78, 5) is 36.8. The molecule has 0 aliphatic carbocycles. The van der Waals surface area contributed by atoms with Crippen LogP contribution in [0.4, 0.5) is 0 Å². The third kappa shape index (κ3) is 6.49. The second kappa shape index (κ2) is 10.0. The van der Waals surface area contributed by atoms with Crippen LogP contribution in [0.15, 0.2) is 30.3 Å². The largest absolute Gasteiger partial charge is 0.493 e. The van der Waals surface area contributed by atoms with Gasteiger partial charge in [0.1, 0.15) is 5.75 Å². The van der Waals surface area contributed by atoms with Gasteiger partial charge in [0.05, 0.1) is 24.4 Å². The summed E-state index contributed by atoms with van der Waals surface area (Å²) in [6.45, 7) is 7.46. The quantitative estimate of drug-likeness (QED) is 0.511. The highest BCUT2D eigenvalue weighted by Gasteiger charge is 2.21. The van der Waals surface area contributed by atoms with Crippen molar-refractivity contribution in [1.82, 2.24) is 5.32 Å². The van der Waals surface area contributed by atoms with Gasteiger partial charge in [-0.25, -0.2) is 0 Å². The lowest BCUT2D eigenvalue weighted by molar-refractivity contribution is -0.146. The SMILES string of the molecule is CC(=O)NCc1ccc(C(=O)C(C)OC(=O)CCOc2cc(C)ccc2C)s1. The lowest BCUT2D eigenvalue weighted by Crippen LogP contribution is -2.24. The van der Waals surface area contributed by atoms with E-state index in [2.05, 4.69) is 5.32 Å². The first-order valence-corrected chi connectivity index (χ1v) is 9.85. The summed E-state index contributed by atoms with van der Waals surface area (Å²) in [7, 11) is 0. The molecule has 150 valence electrons. The Balaban J connectivity index is 1.80. The van der Waals surface area contributed by atoms with Crippen LogP contribution in [-0.2, 0) is 20.9 Å². The van der Waals surface area contributed by atoms with Gasteiger partial charge in [0.2, 0.25) is 11.7 Å². The van der Waals surface area contributed by atoms with Crippen molar-refractivity contribution in [3.05, 3.63) is 51.2 Å². The Kier molecular flexibility index (Phi) is 7.75. The zero-order valence-corrected chi connectivity index (χ0v) is 17.4. The molecule has 0 bridgehead atoms. The van der Waals surface area contributed by atoms with Gasteiger partial charge in [-0.2, -0.15) is 0 Å². The first-order chi connectivity index (χ1) is 13.3. The van der Waals surface area contributed by atoms with Crippen LogP contribution < -0.4 is 10.1 Å². The zero-order chi connectivity index (χ0) is 20.7. The maximum Gasteiger partial charge on any atom is 0.309 e. The van der Waals surface area contributed by atoms with Crippen molar-refractivity contribution in [3.8, 4) is 5.75 Å². The molecule has 1 atom stereocenters. The number of hydrogen-bond donors (Lipinski definition) is 1. The molecular formula is C21H25NO5S. The summed E-state index contributed by atoms with van der Waals surface area (Å²) in [6, 6.07) is 9.33. The lowest BCUT2D eigenvalue weighted by atomic mass is 10.1. The smallest absolute Gasteiger partial charge is 0.309 e. The number of carbonyl (C=O) groups is 3. The maximum absolute atomic E-state index is 12.4. The van der Waals surface area contributed by atoms with E-state index in [9.17, 15) is 14.4 Å².